The van der Waals surface area contributed by atoms with Gasteiger partial charge in [0, 0.05) is 26.8 Å². The maximum atomic E-state index is 6.98. The highest BCUT2D eigenvalue weighted by Gasteiger charge is 2.31. The zero-order chi connectivity index (χ0) is 30.6. The molecular formula is C37H35N7OS. The van der Waals surface area contributed by atoms with Gasteiger partial charge < -0.3 is 25.3 Å². The number of benzene rings is 3. The summed E-state index contributed by atoms with van der Waals surface area (Å²) >= 11 is 1.79. The predicted octanol–water partition coefficient (Wildman–Crippen LogP) is 8.17. The second kappa shape index (κ2) is 11.3. The Hall–Kier alpha value is -4.70. The summed E-state index contributed by atoms with van der Waals surface area (Å²) in [6.07, 6.45) is 6.99. The molecule has 46 heavy (non-hydrogen) atoms. The van der Waals surface area contributed by atoms with E-state index in [2.05, 4.69) is 110 Å². The first-order chi connectivity index (χ1) is 22.7. The molecule has 1 saturated heterocycles. The van der Waals surface area contributed by atoms with E-state index in [0.717, 1.165) is 89.2 Å². The van der Waals surface area contributed by atoms with E-state index in [1.165, 1.54) is 26.8 Å². The Morgan fingerprint density at radius 3 is 2.70 bits per heavy atom. The van der Waals surface area contributed by atoms with Gasteiger partial charge in [-0.25, -0.2) is 9.97 Å². The summed E-state index contributed by atoms with van der Waals surface area (Å²) in [5, 5.41) is 9.38. The Balaban J connectivity index is 1.14. The number of fused-ring (bicyclic) bond motifs is 6. The fourth-order valence-electron chi connectivity index (χ4n) is 6.91. The molecule has 0 radical (unpaired) electrons. The molecule has 0 spiro atoms. The topological polar surface area (TPSA) is 95.6 Å². The van der Waals surface area contributed by atoms with Gasteiger partial charge in [-0.05, 0) is 80.2 Å². The molecule has 6 heterocycles. The van der Waals surface area contributed by atoms with E-state index in [-0.39, 0.29) is 6.23 Å². The van der Waals surface area contributed by atoms with Gasteiger partial charge in [-0.3, -0.25) is 4.57 Å². The van der Waals surface area contributed by atoms with Crippen molar-refractivity contribution in [3.63, 3.8) is 0 Å². The van der Waals surface area contributed by atoms with Gasteiger partial charge in [-0.1, -0.05) is 37.3 Å². The molecule has 1 fully saturated rings. The number of aromatic nitrogens is 5. The molecule has 9 heteroatoms. The highest BCUT2D eigenvalue weighted by molar-refractivity contribution is 7.19. The van der Waals surface area contributed by atoms with E-state index in [1.54, 1.807) is 11.3 Å². The number of hydrogen-bond acceptors (Lipinski definition) is 6. The third-order valence-electron chi connectivity index (χ3n) is 9.21. The Bertz CT molecular complexity index is 2160. The Kier molecular flexibility index (Phi) is 6.76. The molecule has 2 unspecified atom stereocenters. The van der Waals surface area contributed by atoms with Crippen LogP contribution in [-0.4, -0.2) is 37.6 Å². The molecule has 8 nitrogen and oxygen atoms in total. The number of nitrogens with one attached hydrogen (secondary N) is 4. The fourth-order valence-corrected chi connectivity index (χ4v) is 7.99. The molecule has 0 amide bonds. The fraction of sp³-hybridized carbons (Fsp3) is 0.243. The van der Waals surface area contributed by atoms with Gasteiger partial charge in [-0.2, -0.15) is 0 Å². The van der Waals surface area contributed by atoms with E-state index >= 15 is 0 Å². The summed E-state index contributed by atoms with van der Waals surface area (Å²) in [5.41, 5.74) is 7.59. The van der Waals surface area contributed by atoms with Crippen LogP contribution in [0.1, 0.15) is 55.0 Å². The van der Waals surface area contributed by atoms with Crippen molar-refractivity contribution in [1.82, 2.24) is 35.1 Å². The Labute approximate surface area is 270 Å². The van der Waals surface area contributed by atoms with Gasteiger partial charge >= 0.3 is 0 Å². The third kappa shape index (κ3) is 4.74. The molecule has 0 bridgehead atoms. The van der Waals surface area contributed by atoms with Gasteiger partial charge in [-0.15, -0.1) is 11.3 Å². The lowest BCUT2D eigenvalue weighted by Crippen LogP contribution is -2.21. The number of H-pyrrole nitrogens is 2. The first-order valence-electron chi connectivity index (χ1n) is 16.2. The first kappa shape index (κ1) is 27.6. The normalized spacial score (nSPS) is 17.4. The van der Waals surface area contributed by atoms with Crippen LogP contribution in [0.25, 0.3) is 54.8 Å². The highest BCUT2D eigenvalue weighted by Crippen LogP contribution is 2.47. The van der Waals surface area contributed by atoms with E-state index in [1.807, 2.05) is 12.4 Å². The minimum absolute atomic E-state index is 0.290. The standard InChI is InChI=1S/C37H35N7OS/c1-2-13-38-21-35-40-19-28(42-35)22-10-12-30-25(15-22)16-31-26-11-9-23(29-20-41-36(43-29)27-7-5-14-39-27)17-32(26)45-37(44(30)31)34-18-24-6-3-4-8-33(24)46-34/h3-4,6,8-12,15-20,27,37-39H,2,5,7,13-14,21H2,1H3,(H,40,42)(H,41,43). The largest absolute Gasteiger partial charge is 0.464 e. The number of thiophene rings is 1. The molecule has 4 aromatic heterocycles. The lowest BCUT2D eigenvalue weighted by atomic mass is 10.0. The van der Waals surface area contributed by atoms with Crippen molar-refractivity contribution in [2.75, 3.05) is 13.1 Å². The van der Waals surface area contributed by atoms with Crippen LogP contribution in [-0.2, 0) is 6.54 Å². The molecule has 7 aromatic rings. The van der Waals surface area contributed by atoms with E-state index in [4.69, 9.17) is 9.72 Å². The van der Waals surface area contributed by atoms with Crippen molar-refractivity contribution >= 4 is 32.3 Å². The van der Waals surface area contributed by atoms with Crippen molar-refractivity contribution in [3.05, 3.63) is 102 Å². The highest BCUT2D eigenvalue weighted by atomic mass is 32.1. The molecule has 0 saturated carbocycles. The number of nitrogens with zero attached hydrogens (tertiary/aromatic N) is 3. The van der Waals surface area contributed by atoms with Crippen LogP contribution in [0.4, 0.5) is 0 Å². The maximum absolute atomic E-state index is 6.98. The van der Waals surface area contributed by atoms with Crippen LogP contribution >= 0.6 is 11.3 Å². The maximum Gasteiger partial charge on any atom is 0.212 e. The molecule has 3 aromatic carbocycles. The van der Waals surface area contributed by atoms with Crippen molar-refractivity contribution in [1.29, 1.82) is 0 Å². The molecule has 2 aliphatic rings. The molecule has 0 aliphatic carbocycles. The van der Waals surface area contributed by atoms with Crippen molar-refractivity contribution in [2.24, 2.45) is 0 Å². The second-order valence-electron chi connectivity index (χ2n) is 12.3. The lowest BCUT2D eigenvalue weighted by Gasteiger charge is -2.29. The van der Waals surface area contributed by atoms with E-state index in [0.29, 0.717) is 6.04 Å². The molecule has 2 aliphatic heterocycles. The summed E-state index contributed by atoms with van der Waals surface area (Å²) < 4.78 is 10.6. The SMILES string of the molecule is CCCNCc1ncc(-c2ccc3c(c2)cc2n3C(c3cc4ccccc4s3)Oc3cc(-c4cnc(C5CCCN5)[nH]4)ccc3-2)[nH]1. The van der Waals surface area contributed by atoms with Crippen LogP contribution in [0.2, 0.25) is 0 Å². The number of ether oxygens (including phenoxy) is 1. The quantitative estimate of drug-likeness (QED) is 0.128. The van der Waals surface area contributed by atoms with E-state index < -0.39 is 0 Å². The summed E-state index contributed by atoms with van der Waals surface area (Å²) in [6, 6.07) is 26.6. The van der Waals surface area contributed by atoms with Crippen LogP contribution < -0.4 is 15.4 Å². The molecule has 4 N–H and O–H groups in total. The average molecular weight is 626 g/mol. The molecule has 9 rings (SSSR count). The summed E-state index contributed by atoms with van der Waals surface area (Å²) in [7, 11) is 0. The Morgan fingerprint density at radius 1 is 0.935 bits per heavy atom. The summed E-state index contributed by atoms with van der Waals surface area (Å²) in [5.74, 6) is 2.84. The molecule has 230 valence electrons. The van der Waals surface area contributed by atoms with E-state index in [9.17, 15) is 0 Å². The number of rotatable bonds is 8. The monoisotopic (exact) mass is 625 g/mol. The predicted molar refractivity (Wildman–Crippen MR) is 185 cm³/mol. The number of aromatic amines is 2. The minimum Gasteiger partial charge on any atom is -0.464 e. The van der Waals surface area contributed by atoms with Crippen molar-refractivity contribution in [3.8, 4) is 39.5 Å². The number of hydrogen-bond donors (Lipinski definition) is 4. The zero-order valence-corrected chi connectivity index (χ0v) is 26.5. The minimum atomic E-state index is -0.290. The van der Waals surface area contributed by atoms with Gasteiger partial charge in [0.15, 0.2) is 0 Å². The van der Waals surface area contributed by atoms with Crippen LogP contribution in [0, 0.1) is 0 Å². The summed E-state index contributed by atoms with van der Waals surface area (Å²) in [6.45, 7) is 4.93. The van der Waals surface area contributed by atoms with Crippen LogP contribution in [0.15, 0.2) is 85.2 Å². The van der Waals surface area contributed by atoms with Gasteiger partial charge in [0.25, 0.3) is 0 Å². The average Bonchev–Trinajstić information content (AvgIpc) is 3.93. The Morgan fingerprint density at radius 2 is 1.80 bits per heavy atom. The second-order valence-corrected chi connectivity index (χ2v) is 13.4. The third-order valence-corrected chi connectivity index (χ3v) is 10.4. The smallest absolute Gasteiger partial charge is 0.212 e. The summed E-state index contributed by atoms with van der Waals surface area (Å²) in [4.78, 5) is 17.6. The number of imidazole rings is 2. The van der Waals surface area contributed by atoms with Crippen LogP contribution in [0.3, 0.4) is 0 Å². The zero-order valence-electron chi connectivity index (χ0n) is 25.6. The van der Waals surface area contributed by atoms with Gasteiger partial charge in [0.1, 0.15) is 17.4 Å². The first-order valence-corrected chi connectivity index (χ1v) is 17.0. The van der Waals surface area contributed by atoms with Crippen molar-refractivity contribution < 1.29 is 4.74 Å². The van der Waals surface area contributed by atoms with Gasteiger partial charge in [0.05, 0.1) is 52.5 Å². The lowest BCUT2D eigenvalue weighted by molar-refractivity contribution is 0.177. The van der Waals surface area contributed by atoms with Crippen LogP contribution in [0.5, 0.6) is 5.75 Å². The molecule has 2 atom stereocenters. The molecular weight excluding hydrogens is 591 g/mol. The van der Waals surface area contributed by atoms with Gasteiger partial charge in [0.2, 0.25) is 6.23 Å². The van der Waals surface area contributed by atoms with Crippen molar-refractivity contribution in [2.45, 2.75) is 45.0 Å².